The molecule has 0 bridgehead atoms. The Labute approximate surface area is 105 Å². The van der Waals surface area contributed by atoms with Crippen LogP contribution in [0.1, 0.15) is 23.0 Å². The Morgan fingerprint density at radius 3 is 2.56 bits per heavy atom. The Bertz CT molecular complexity index is 542. The summed E-state index contributed by atoms with van der Waals surface area (Å²) in [6.07, 6.45) is 1.46. The van der Waals surface area contributed by atoms with Crippen molar-refractivity contribution in [3.05, 3.63) is 47.9 Å². The second-order valence-electron chi connectivity index (χ2n) is 3.70. The minimum Gasteiger partial charge on any atom is -0.490 e. The van der Waals surface area contributed by atoms with Gasteiger partial charge in [-0.15, -0.1) is 0 Å². The number of carbonyl (C=O) groups is 1. The monoisotopic (exact) mass is 246 g/mol. The molecular weight excluding hydrogens is 232 g/mol. The molecular formula is C14H14O4. The summed E-state index contributed by atoms with van der Waals surface area (Å²) in [6, 6.07) is 8.74. The summed E-state index contributed by atoms with van der Waals surface area (Å²) in [5.74, 6) is 0.615. The Balaban J connectivity index is 2.19. The van der Waals surface area contributed by atoms with Gasteiger partial charge in [0.2, 0.25) is 5.76 Å². The molecule has 4 heteroatoms. The molecule has 0 N–H and O–H groups in total. The third-order valence-corrected chi connectivity index (χ3v) is 2.40. The first kappa shape index (κ1) is 12.2. The van der Waals surface area contributed by atoms with E-state index in [0.29, 0.717) is 18.1 Å². The molecule has 0 aliphatic rings. The molecule has 1 aromatic heterocycles. The standard InChI is InChI=1S/C14H14O4/c1-3-16-11-6-4-5-7-12(11)18-14(15)13-10(2)8-9-17-13/h4-9H,3H2,1-2H3. The quantitative estimate of drug-likeness (QED) is 0.614. The third kappa shape index (κ3) is 2.53. The van der Waals surface area contributed by atoms with E-state index in [-0.39, 0.29) is 5.76 Å². The molecule has 0 fully saturated rings. The van der Waals surface area contributed by atoms with Crippen molar-refractivity contribution < 1.29 is 18.7 Å². The SMILES string of the molecule is CCOc1ccccc1OC(=O)c1occc1C. The molecule has 4 nitrogen and oxygen atoms in total. The number of benzene rings is 1. The van der Waals surface area contributed by atoms with Gasteiger partial charge in [0.05, 0.1) is 12.9 Å². The summed E-state index contributed by atoms with van der Waals surface area (Å²) in [5.41, 5.74) is 0.744. The summed E-state index contributed by atoms with van der Waals surface area (Å²) in [7, 11) is 0. The predicted octanol–water partition coefficient (Wildman–Crippen LogP) is 3.21. The van der Waals surface area contributed by atoms with Gasteiger partial charge in [-0.1, -0.05) is 12.1 Å². The van der Waals surface area contributed by atoms with Crippen LogP contribution in [0.3, 0.4) is 0 Å². The zero-order valence-corrected chi connectivity index (χ0v) is 10.3. The molecule has 0 aliphatic heterocycles. The molecule has 1 heterocycles. The van der Waals surface area contributed by atoms with Crippen molar-refractivity contribution in [2.45, 2.75) is 13.8 Å². The lowest BCUT2D eigenvalue weighted by molar-refractivity contribution is 0.0694. The molecule has 1 aromatic carbocycles. The van der Waals surface area contributed by atoms with Crippen molar-refractivity contribution in [1.82, 2.24) is 0 Å². The normalized spacial score (nSPS) is 10.1. The molecule has 18 heavy (non-hydrogen) atoms. The second-order valence-corrected chi connectivity index (χ2v) is 3.70. The highest BCUT2D eigenvalue weighted by atomic mass is 16.6. The van der Waals surface area contributed by atoms with Crippen LogP contribution in [0.15, 0.2) is 41.0 Å². The average Bonchev–Trinajstić information content (AvgIpc) is 2.78. The maximum atomic E-state index is 11.9. The van der Waals surface area contributed by atoms with E-state index in [1.165, 1.54) is 6.26 Å². The van der Waals surface area contributed by atoms with Crippen LogP contribution in [0, 0.1) is 6.92 Å². The summed E-state index contributed by atoms with van der Waals surface area (Å²) < 4.78 is 15.7. The zero-order valence-electron chi connectivity index (χ0n) is 10.3. The lowest BCUT2D eigenvalue weighted by atomic mass is 10.3. The number of hydrogen-bond donors (Lipinski definition) is 0. The van der Waals surface area contributed by atoms with E-state index < -0.39 is 5.97 Å². The van der Waals surface area contributed by atoms with E-state index in [1.54, 1.807) is 31.2 Å². The topological polar surface area (TPSA) is 48.7 Å². The molecule has 0 aliphatic carbocycles. The van der Waals surface area contributed by atoms with Gasteiger partial charge in [0.25, 0.3) is 0 Å². The number of rotatable bonds is 4. The first-order valence-electron chi connectivity index (χ1n) is 5.70. The van der Waals surface area contributed by atoms with Crippen molar-refractivity contribution in [2.75, 3.05) is 6.61 Å². The number of hydrogen-bond acceptors (Lipinski definition) is 4. The minimum atomic E-state index is -0.523. The Morgan fingerprint density at radius 1 is 1.22 bits per heavy atom. The highest BCUT2D eigenvalue weighted by molar-refractivity contribution is 5.89. The highest BCUT2D eigenvalue weighted by Gasteiger charge is 2.17. The van der Waals surface area contributed by atoms with Crippen LogP contribution < -0.4 is 9.47 Å². The summed E-state index contributed by atoms with van der Waals surface area (Å²) in [6.45, 7) is 4.16. The number of para-hydroxylation sites is 2. The highest BCUT2D eigenvalue weighted by Crippen LogP contribution is 2.27. The van der Waals surface area contributed by atoms with Gasteiger partial charge in [0.15, 0.2) is 11.5 Å². The fourth-order valence-corrected chi connectivity index (χ4v) is 1.54. The van der Waals surface area contributed by atoms with Crippen LogP contribution in [0.4, 0.5) is 0 Å². The van der Waals surface area contributed by atoms with Crippen LogP contribution in [0.5, 0.6) is 11.5 Å². The summed E-state index contributed by atoms with van der Waals surface area (Å²) in [5, 5.41) is 0. The van der Waals surface area contributed by atoms with Crippen molar-refractivity contribution in [2.24, 2.45) is 0 Å². The van der Waals surface area contributed by atoms with Gasteiger partial charge in [-0.25, -0.2) is 4.79 Å². The maximum absolute atomic E-state index is 11.9. The van der Waals surface area contributed by atoms with Gasteiger partial charge in [-0.2, -0.15) is 0 Å². The van der Waals surface area contributed by atoms with Crippen LogP contribution in [0.25, 0.3) is 0 Å². The number of esters is 1. The molecule has 2 rings (SSSR count). The molecule has 0 radical (unpaired) electrons. The van der Waals surface area contributed by atoms with Crippen LogP contribution in [-0.4, -0.2) is 12.6 Å². The summed E-state index contributed by atoms with van der Waals surface area (Å²) >= 11 is 0. The number of carbonyl (C=O) groups excluding carboxylic acids is 1. The smallest absolute Gasteiger partial charge is 0.380 e. The van der Waals surface area contributed by atoms with Crippen molar-refractivity contribution in [3.8, 4) is 11.5 Å². The van der Waals surface area contributed by atoms with Gasteiger partial charge in [-0.05, 0) is 32.0 Å². The van der Waals surface area contributed by atoms with Gasteiger partial charge < -0.3 is 13.9 Å². The molecule has 0 spiro atoms. The van der Waals surface area contributed by atoms with Gasteiger partial charge >= 0.3 is 5.97 Å². The van der Waals surface area contributed by atoms with Crippen LogP contribution in [-0.2, 0) is 0 Å². The molecule has 0 unspecified atom stereocenters. The second kappa shape index (κ2) is 5.40. The third-order valence-electron chi connectivity index (χ3n) is 2.40. The van der Waals surface area contributed by atoms with Gasteiger partial charge in [0, 0.05) is 5.56 Å². The van der Waals surface area contributed by atoms with Gasteiger partial charge in [0.1, 0.15) is 0 Å². The fourth-order valence-electron chi connectivity index (χ4n) is 1.54. The van der Waals surface area contributed by atoms with Gasteiger partial charge in [-0.3, -0.25) is 0 Å². The molecule has 0 saturated heterocycles. The van der Waals surface area contributed by atoms with E-state index >= 15 is 0 Å². The van der Waals surface area contributed by atoms with E-state index in [9.17, 15) is 4.79 Å². The van der Waals surface area contributed by atoms with Crippen LogP contribution in [0.2, 0.25) is 0 Å². The van der Waals surface area contributed by atoms with Crippen molar-refractivity contribution in [3.63, 3.8) is 0 Å². The zero-order chi connectivity index (χ0) is 13.0. The Hall–Kier alpha value is -2.23. The average molecular weight is 246 g/mol. The summed E-state index contributed by atoms with van der Waals surface area (Å²) in [4.78, 5) is 11.9. The maximum Gasteiger partial charge on any atom is 0.380 e. The molecule has 0 amide bonds. The van der Waals surface area contributed by atoms with E-state index in [1.807, 2.05) is 13.0 Å². The molecule has 2 aromatic rings. The lowest BCUT2D eigenvalue weighted by Gasteiger charge is -2.09. The van der Waals surface area contributed by atoms with Crippen LogP contribution >= 0.6 is 0 Å². The lowest BCUT2D eigenvalue weighted by Crippen LogP contribution is -2.09. The number of furan rings is 1. The van der Waals surface area contributed by atoms with Crippen molar-refractivity contribution >= 4 is 5.97 Å². The Morgan fingerprint density at radius 2 is 1.94 bits per heavy atom. The fraction of sp³-hybridized carbons (Fsp3) is 0.214. The number of aryl methyl sites for hydroxylation is 1. The van der Waals surface area contributed by atoms with Crippen molar-refractivity contribution in [1.29, 1.82) is 0 Å². The molecule has 0 atom stereocenters. The largest absolute Gasteiger partial charge is 0.490 e. The van der Waals surface area contributed by atoms with E-state index in [4.69, 9.17) is 13.9 Å². The minimum absolute atomic E-state index is 0.210. The first-order chi connectivity index (χ1) is 8.72. The Kier molecular flexibility index (Phi) is 3.67. The molecule has 0 saturated carbocycles. The molecule has 94 valence electrons. The predicted molar refractivity (Wildman–Crippen MR) is 66.0 cm³/mol. The van der Waals surface area contributed by atoms with E-state index in [0.717, 1.165) is 5.56 Å². The van der Waals surface area contributed by atoms with E-state index in [2.05, 4.69) is 0 Å². The first-order valence-corrected chi connectivity index (χ1v) is 5.70. The number of ether oxygens (including phenoxy) is 2.